The van der Waals surface area contributed by atoms with Crippen LogP contribution in [0, 0.1) is 0 Å². The zero-order chi connectivity index (χ0) is 38.6. The Balaban J connectivity index is 1.14. The molecule has 248 valence electrons. The molecule has 0 saturated heterocycles. The zero-order valence-electron chi connectivity index (χ0n) is 32.3. The van der Waals surface area contributed by atoms with E-state index in [1.54, 1.807) is 6.07 Å². The number of hydrogen-bond acceptors (Lipinski definition) is 4. The molecule has 0 fully saturated rings. The van der Waals surface area contributed by atoms with Crippen molar-refractivity contribution in [3.63, 3.8) is 0 Å². The molecule has 0 spiro atoms. The summed E-state index contributed by atoms with van der Waals surface area (Å²) in [6.07, 6.45) is 0. The Morgan fingerprint density at radius 1 is 0.358 bits per heavy atom. The second kappa shape index (κ2) is 12.9. The highest BCUT2D eigenvalue weighted by atomic mass is 16.3. The predicted octanol–water partition coefficient (Wildman–Crippen LogP) is 12.9. The topological polar surface area (TPSA) is 51.8 Å². The molecule has 2 heterocycles. The van der Waals surface area contributed by atoms with Crippen LogP contribution in [0.25, 0.3) is 100 Å². The summed E-state index contributed by atoms with van der Waals surface area (Å²) >= 11 is 0. The summed E-state index contributed by atoms with van der Waals surface area (Å²) in [7, 11) is 0. The average Bonchev–Trinajstić information content (AvgIpc) is 3.66. The molecule has 0 aliphatic heterocycles. The first-order valence-corrected chi connectivity index (χ1v) is 17.5. The highest BCUT2D eigenvalue weighted by Gasteiger charge is 2.19. The Morgan fingerprint density at radius 2 is 0.849 bits per heavy atom. The molecule has 0 amide bonds. The van der Waals surface area contributed by atoms with E-state index in [2.05, 4.69) is 24.3 Å². The summed E-state index contributed by atoms with van der Waals surface area (Å²) in [5, 5.41) is 3.33. The number of hydrogen-bond donors (Lipinski definition) is 0. The first kappa shape index (κ1) is 26.6. The number of fused-ring (bicyclic) bond motifs is 4. The fourth-order valence-corrected chi connectivity index (χ4v) is 7.04. The smallest absolute Gasteiger partial charge is 0.164 e. The minimum Gasteiger partial charge on any atom is -0.455 e. The van der Waals surface area contributed by atoms with Gasteiger partial charge < -0.3 is 4.42 Å². The fraction of sp³-hybridized carbons (Fsp3) is 0. The lowest BCUT2D eigenvalue weighted by molar-refractivity contribution is 0.670. The van der Waals surface area contributed by atoms with Crippen molar-refractivity contribution in [1.29, 1.82) is 0 Å². The molecule has 0 radical (unpaired) electrons. The Bertz CT molecular complexity index is 3130. The van der Waals surface area contributed by atoms with Gasteiger partial charge in [-0.2, -0.15) is 0 Å². The molecule has 0 aliphatic carbocycles. The van der Waals surface area contributed by atoms with Crippen LogP contribution in [0.2, 0.25) is 0 Å². The zero-order valence-corrected chi connectivity index (χ0v) is 28.3. The van der Waals surface area contributed by atoms with Crippen molar-refractivity contribution in [2.75, 3.05) is 0 Å². The normalized spacial score (nSPS) is 12.5. The second-order valence-electron chi connectivity index (χ2n) is 12.9. The highest BCUT2D eigenvalue weighted by Crippen LogP contribution is 2.41. The van der Waals surface area contributed by atoms with Gasteiger partial charge in [-0.15, -0.1) is 0 Å². The van der Waals surface area contributed by atoms with E-state index >= 15 is 0 Å². The maximum Gasteiger partial charge on any atom is 0.164 e. The lowest BCUT2D eigenvalue weighted by atomic mass is 9.95. The van der Waals surface area contributed by atoms with Gasteiger partial charge in [0, 0.05) is 33.0 Å². The van der Waals surface area contributed by atoms with Crippen molar-refractivity contribution in [3.05, 3.63) is 188 Å². The van der Waals surface area contributed by atoms with E-state index in [1.807, 2.05) is 133 Å². The molecule has 0 saturated carbocycles. The van der Waals surface area contributed by atoms with Crippen LogP contribution in [0.4, 0.5) is 0 Å². The fourth-order valence-electron chi connectivity index (χ4n) is 7.04. The third-order valence-corrected chi connectivity index (χ3v) is 9.63. The number of para-hydroxylation sites is 1. The molecule has 53 heavy (non-hydrogen) atoms. The van der Waals surface area contributed by atoms with Crippen molar-refractivity contribution in [2.24, 2.45) is 0 Å². The van der Waals surface area contributed by atoms with Gasteiger partial charge in [0.15, 0.2) is 17.5 Å². The average molecular weight is 682 g/mol. The van der Waals surface area contributed by atoms with Crippen LogP contribution in [0.5, 0.6) is 0 Å². The first-order valence-electron chi connectivity index (χ1n) is 19.5. The van der Waals surface area contributed by atoms with E-state index in [0.29, 0.717) is 39.8 Å². The molecule has 10 aromatic rings. The molecule has 4 heteroatoms. The van der Waals surface area contributed by atoms with Gasteiger partial charge in [-0.3, -0.25) is 0 Å². The molecule has 0 bridgehead atoms. The summed E-state index contributed by atoms with van der Waals surface area (Å²) in [6, 6.07) is 52.6. The number of aromatic nitrogens is 3. The number of rotatable bonds is 6. The molecule has 4 nitrogen and oxygen atoms in total. The van der Waals surface area contributed by atoms with Crippen molar-refractivity contribution in [1.82, 2.24) is 15.0 Å². The summed E-state index contributed by atoms with van der Waals surface area (Å²) in [5.41, 5.74) is 7.23. The minimum absolute atomic E-state index is 0.112. The molecule has 2 aromatic heterocycles. The molecule has 0 atom stereocenters. The summed E-state index contributed by atoms with van der Waals surface area (Å²) in [4.78, 5) is 15.0. The number of furan rings is 1. The second-order valence-corrected chi connectivity index (χ2v) is 12.9. The summed E-state index contributed by atoms with van der Waals surface area (Å²) < 4.78 is 43.5. The van der Waals surface area contributed by atoms with Gasteiger partial charge in [0.1, 0.15) is 11.2 Å². The Hall–Kier alpha value is -7.17. The van der Waals surface area contributed by atoms with E-state index in [-0.39, 0.29) is 35.3 Å². The number of nitrogens with zero attached hydrogens (tertiary/aromatic N) is 3. The van der Waals surface area contributed by atoms with E-state index in [0.717, 1.165) is 49.4 Å². The van der Waals surface area contributed by atoms with Crippen LogP contribution >= 0.6 is 0 Å². The minimum atomic E-state index is -0.139. The standard InChI is InChI=1S/C49H31N3O/c1-3-12-32(13-4-1)33-24-30-38(31-25-33)48-50-47(37-15-5-2-6-16-37)51-49(52-48)43-22-11-23-44-45(43)42-21-10-20-41(46(42)53-44)36-28-26-35(27-29-36)40-19-9-17-34-14-7-8-18-39(34)40/h1-31H/i26D,27D,28D,29D. The third-order valence-electron chi connectivity index (χ3n) is 9.63. The largest absolute Gasteiger partial charge is 0.455 e. The van der Waals surface area contributed by atoms with Gasteiger partial charge in [-0.05, 0) is 44.7 Å². The predicted molar refractivity (Wildman–Crippen MR) is 217 cm³/mol. The van der Waals surface area contributed by atoms with Crippen molar-refractivity contribution >= 4 is 32.7 Å². The molecule has 0 unspecified atom stereocenters. The monoisotopic (exact) mass is 681 g/mol. The first-order chi connectivity index (χ1) is 27.9. The highest BCUT2D eigenvalue weighted by molar-refractivity contribution is 6.15. The van der Waals surface area contributed by atoms with Crippen LogP contribution in [-0.4, -0.2) is 15.0 Å². The van der Waals surface area contributed by atoms with Gasteiger partial charge >= 0.3 is 0 Å². The lowest BCUT2D eigenvalue weighted by Gasteiger charge is -2.10. The molecular weight excluding hydrogens is 647 g/mol. The molecule has 10 rings (SSSR count). The van der Waals surface area contributed by atoms with Crippen LogP contribution in [0.1, 0.15) is 5.48 Å². The van der Waals surface area contributed by atoms with Crippen LogP contribution in [0.3, 0.4) is 0 Å². The molecule has 0 N–H and O–H groups in total. The Morgan fingerprint density at radius 3 is 1.60 bits per heavy atom. The van der Waals surface area contributed by atoms with E-state index < -0.39 is 0 Å². The van der Waals surface area contributed by atoms with Gasteiger partial charge in [0.2, 0.25) is 0 Å². The third kappa shape index (κ3) is 5.54. The van der Waals surface area contributed by atoms with Crippen LogP contribution < -0.4 is 0 Å². The maximum absolute atomic E-state index is 9.27. The van der Waals surface area contributed by atoms with Crippen molar-refractivity contribution in [2.45, 2.75) is 0 Å². The van der Waals surface area contributed by atoms with Crippen LogP contribution in [-0.2, 0) is 0 Å². The lowest BCUT2D eigenvalue weighted by Crippen LogP contribution is -2.00. The molecular formula is C49H31N3O. The molecule has 8 aromatic carbocycles. The van der Waals surface area contributed by atoms with Gasteiger partial charge in [-0.1, -0.05) is 182 Å². The van der Waals surface area contributed by atoms with Gasteiger partial charge in [-0.25, -0.2) is 15.0 Å². The summed E-state index contributed by atoms with van der Waals surface area (Å²) in [6.45, 7) is 0. The van der Waals surface area contributed by atoms with E-state index in [1.165, 1.54) is 0 Å². The Kier molecular flexibility index (Phi) is 6.46. The summed E-state index contributed by atoms with van der Waals surface area (Å²) in [5.74, 6) is 1.52. The number of benzene rings is 8. The SMILES string of the molecule is [2H]c1c([2H])c(-c2cccc3c2oc2cccc(-c4nc(-c5ccccc5)nc(-c5ccc(-c6ccccc6)cc5)n4)c23)c([2H])c([2H])c1-c1cccc2ccccc12. The Labute approximate surface area is 312 Å². The van der Waals surface area contributed by atoms with Crippen molar-refractivity contribution < 1.29 is 9.90 Å². The van der Waals surface area contributed by atoms with E-state index in [4.69, 9.17) is 19.4 Å². The van der Waals surface area contributed by atoms with Crippen molar-refractivity contribution in [3.8, 4) is 67.5 Å². The quantitative estimate of drug-likeness (QED) is 0.175. The van der Waals surface area contributed by atoms with Gasteiger partial charge in [0.25, 0.3) is 0 Å². The molecule has 0 aliphatic rings. The van der Waals surface area contributed by atoms with Crippen LogP contribution in [0.15, 0.2) is 192 Å². The van der Waals surface area contributed by atoms with E-state index in [9.17, 15) is 5.48 Å². The van der Waals surface area contributed by atoms with Gasteiger partial charge in [0.05, 0.1) is 5.48 Å². The maximum atomic E-state index is 9.27.